The number of carbonyl (C=O) groups excluding carboxylic acids is 1. The fourth-order valence-corrected chi connectivity index (χ4v) is 5.05. The summed E-state index contributed by atoms with van der Waals surface area (Å²) in [5.74, 6) is 0.717. The topological polar surface area (TPSA) is 58.4 Å². The smallest absolute Gasteiger partial charge is 0.293 e. The van der Waals surface area contributed by atoms with Crippen molar-refractivity contribution in [1.82, 2.24) is 14.5 Å². The van der Waals surface area contributed by atoms with Crippen molar-refractivity contribution < 1.29 is 4.79 Å². The zero-order valence-corrected chi connectivity index (χ0v) is 16.7. The van der Waals surface area contributed by atoms with Gasteiger partial charge in [0.15, 0.2) is 5.82 Å². The number of hydrogen-bond donors (Lipinski definition) is 0. The van der Waals surface area contributed by atoms with Gasteiger partial charge in [-0.05, 0) is 54.0 Å². The quantitative estimate of drug-likeness (QED) is 0.793. The Hall–Kier alpha value is -2.15. The fourth-order valence-electron chi connectivity index (χ4n) is 4.39. The predicted octanol–water partition coefficient (Wildman–Crippen LogP) is 2.73. The number of carbonyl (C=O) groups is 1. The Kier molecular flexibility index (Phi) is 4.80. The zero-order valence-electron chi connectivity index (χ0n) is 15.9. The van der Waals surface area contributed by atoms with E-state index in [1.807, 2.05) is 11.8 Å². The Morgan fingerprint density at radius 3 is 2.81 bits per heavy atom. The van der Waals surface area contributed by atoms with Crippen molar-refractivity contribution in [2.75, 3.05) is 18.0 Å². The number of aromatic nitrogens is 2. The van der Waals surface area contributed by atoms with Crippen LogP contribution in [0.15, 0.2) is 34.0 Å². The maximum atomic E-state index is 12.5. The Morgan fingerprint density at radius 2 is 2.19 bits per heavy atom. The molecule has 2 aliphatic rings. The monoisotopic (exact) mass is 386 g/mol. The molecule has 2 fully saturated rings. The van der Waals surface area contributed by atoms with Crippen molar-refractivity contribution >= 4 is 23.1 Å². The average molecular weight is 387 g/mol. The van der Waals surface area contributed by atoms with E-state index in [1.54, 1.807) is 35.2 Å². The van der Waals surface area contributed by atoms with Gasteiger partial charge < -0.3 is 14.4 Å². The third-order valence-electron chi connectivity index (χ3n) is 6.16. The van der Waals surface area contributed by atoms with Crippen LogP contribution < -0.4 is 10.5 Å². The largest absolute Gasteiger partial charge is 0.352 e. The fraction of sp³-hybridized carbons (Fsp3) is 0.550. The van der Waals surface area contributed by atoms with E-state index >= 15 is 0 Å². The molecule has 1 spiro atoms. The molecule has 2 aromatic rings. The number of hydrogen-bond acceptors (Lipinski definition) is 5. The molecular weight excluding hydrogens is 360 g/mol. The lowest BCUT2D eigenvalue weighted by atomic mass is 9.92. The highest BCUT2D eigenvalue weighted by atomic mass is 32.1. The molecule has 0 bridgehead atoms. The van der Waals surface area contributed by atoms with Crippen LogP contribution in [-0.2, 0) is 17.9 Å². The minimum absolute atomic E-state index is 0.00822. The van der Waals surface area contributed by atoms with Crippen LogP contribution >= 0.6 is 11.3 Å². The Morgan fingerprint density at radius 1 is 1.41 bits per heavy atom. The van der Waals surface area contributed by atoms with Gasteiger partial charge in [-0.2, -0.15) is 11.3 Å². The summed E-state index contributed by atoms with van der Waals surface area (Å²) >= 11 is 1.67. The summed E-state index contributed by atoms with van der Waals surface area (Å²) in [5.41, 5.74) is 1.42. The molecule has 2 aromatic heterocycles. The van der Waals surface area contributed by atoms with Crippen LogP contribution in [-0.4, -0.2) is 39.5 Å². The maximum absolute atomic E-state index is 12.5. The highest BCUT2D eigenvalue weighted by Gasteiger charge is 2.58. The lowest BCUT2D eigenvalue weighted by Crippen LogP contribution is -2.42. The second-order valence-corrected chi connectivity index (χ2v) is 8.47. The lowest BCUT2D eigenvalue weighted by molar-refractivity contribution is -0.130. The van der Waals surface area contributed by atoms with E-state index in [4.69, 9.17) is 0 Å². The average Bonchev–Trinajstić information content (AvgIpc) is 3.10. The van der Waals surface area contributed by atoms with Crippen LogP contribution in [0.25, 0.3) is 0 Å². The van der Waals surface area contributed by atoms with Gasteiger partial charge in [0.05, 0.1) is 0 Å². The van der Waals surface area contributed by atoms with E-state index < -0.39 is 0 Å². The van der Waals surface area contributed by atoms with Gasteiger partial charge >= 0.3 is 0 Å². The number of piperidine rings is 1. The first-order chi connectivity index (χ1) is 13.0. The van der Waals surface area contributed by atoms with Gasteiger partial charge in [-0.25, -0.2) is 4.98 Å². The molecule has 0 aromatic carbocycles. The van der Waals surface area contributed by atoms with Gasteiger partial charge in [0.2, 0.25) is 5.91 Å². The number of anilines is 1. The van der Waals surface area contributed by atoms with E-state index in [0.717, 1.165) is 32.4 Å². The third kappa shape index (κ3) is 3.40. The standard InChI is InChI=1S/C20H26N4O2S/c1-3-22-10-7-21-18(19(22)26)23-8-5-20(6-9-23)12-17(20)24(15(2)25)13-16-4-11-27-14-16/h4,7,10-11,14,17H,3,5-6,8-9,12-13H2,1-2H3. The molecule has 1 aliphatic heterocycles. The Balaban J connectivity index is 1.44. The van der Waals surface area contributed by atoms with Gasteiger partial charge in [0.25, 0.3) is 5.56 Å². The molecule has 1 aliphatic carbocycles. The lowest BCUT2D eigenvalue weighted by Gasteiger charge is -2.35. The summed E-state index contributed by atoms with van der Waals surface area (Å²) in [4.78, 5) is 33.3. The summed E-state index contributed by atoms with van der Waals surface area (Å²) in [6.45, 7) is 6.66. The third-order valence-corrected chi connectivity index (χ3v) is 6.89. The van der Waals surface area contributed by atoms with E-state index in [0.29, 0.717) is 24.9 Å². The van der Waals surface area contributed by atoms with Gasteiger partial charge in [-0.15, -0.1) is 0 Å². The van der Waals surface area contributed by atoms with Gasteiger partial charge in [-0.3, -0.25) is 9.59 Å². The first kappa shape index (κ1) is 18.2. The van der Waals surface area contributed by atoms with Crippen LogP contribution in [0.2, 0.25) is 0 Å². The molecule has 0 radical (unpaired) electrons. The molecule has 7 heteroatoms. The minimum atomic E-state index is -0.00822. The van der Waals surface area contributed by atoms with E-state index in [-0.39, 0.29) is 16.9 Å². The summed E-state index contributed by atoms with van der Waals surface area (Å²) in [6, 6.07) is 2.42. The van der Waals surface area contributed by atoms with Crippen molar-refractivity contribution in [3.05, 3.63) is 45.1 Å². The van der Waals surface area contributed by atoms with Crippen molar-refractivity contribution in [2.45, 2.75) is 52.2 Å². The predicted molar refractivity (Wildman–Crippen MR) is 107 cm³/mol. The highest BCUT2D eigenvalue weighted by molar-refractivity contribution is 7.07. The molecular formula is C20H26N4O2S. The summed E-state index contributed by atoms with van der Waals surface area (Å²) in [5, 5.41) is 4.18. The molecule has 4 rings (SSSR count). The van der Waals surface area contributed by atoms with Crippen molar-refractivity contribution in [3.63, 3.8) is 0 Å². The van der Waals surface area contributed by atoms with Crippen LogP contribution in [0.1, 0.15) is 38.7 Å². The van der Waals surface area contributed by atoms with E-state index in [2.05, 4.69) is 26.7 Å². The summed E-state index contributed by atoms with van der Waals surface area (Å²) in [7, 11) is 0. The molecule has 6 nitrogen and oxygen atoms in total. The molecule has 1 atom stereocenters. The summed E-state index contributed by atoms with van der Waals surface area (Å²) < 4.78 is 1.70. The van der Waals surface area contributed by atoms with Crippen molar-refractivity contribution in [1.29, 1.82) is 0 Å². The van der Waals surface area contributed by atoms with Gasteiger partial charge in [0.1, 0.15) is 0 Å². The number of amides is 1. The molecule has 1 unspecified atom stereocenters. The second kappa shape index (κ2) is 7.11. The number of rotatable bonds is 5. The maximum Gasteiger partial charge on any atom is 0.293 e. The molecule has 3 heterocycles. The number of aryl methyl sites for hydroxylation is 1. The molecule has 1 saturated carbocycles. The first-order valence-corrected chi connectivity index (χ1v) is 10.6. The molecule has 1 amide bonds. The first-order valence-electron chi connectivity index (χ1n) is 9.63. The van der Waals surface area contributed by atoms with E-state index in [1.165, 1.54) is 5.56 Å². The number of thiophene rings is 1. The van der Waals surface area contributed by atoms with Gasteiger partial charge in [0, 0.05) is 51.5 Å². The van der Waals surface area contributed by atoms with Crippen LogP contribution in [0.4, 0.5) is 5.82 Å². The molecule has 27 heavy (non-hydrogen) atoms. The SMILES string of the molecule is CCn1ccnc(N2CCC3(CC2)CC3N(Cc2ccsc2)C(C)=O)c1=O. The summed E-state index contributed by atoms with van der Waals surface area (Å²) in [6.07, 6.45) is 6.54. The zero-order chi connectivity index (χ0) is 19.0. The molecule has 0 N–H and O–H groups in total. The second-order valence-electron chi connectivity index (χ2n) is 7.69. The Bertz CT molecular complexity index is 868. The minimum Gasteiger partial charge on any atom is -0.352 e. The van der Waals surface area contributed by atoms with Crippen molar-refractivity contribution in [2.24, 2.45) is 5.41 Å². The van der Waals surface area contributed by atoms with Crippen LogP contribution in [0.3, 0.4) is 0 Å². The van der Waals surface area contributed by atoms with Crippen LogP contribution in [0, 0.1) is 5.41 Å². The number of nitrogens with zero attached hydrogens (tertiary/aromatic N) is 4. The van der Waals surface area contributed by atoms with E-state index in [9.17, 15) is 9.59 Å². The van der Waals surface area contributed by atoms with Crippen LogP contribution in [0.5, 0.6) is 0 Å². The van der Waals surface area contributed by atoms with Crippen molar-refractivity contribution in [3.8, 4) is 0 Å². The van der Waals surface area contributed by atoms with Gasteiger partial charge in [-0.1, -0.05) is 0 Å². The Labute approximate surface area is 163 Å². The molecule has 1 saturated heterocycles. The normalized spacial score (nSPS) is 20.7. The highest BCUT2D eigenvalue weighted by Crippen LogP contribution is 2.57. The molecule has 144 valence electrons.